The van der Waals surface area contributed by atoms with Crippen LogP contribution in [0.15, 0.2) is 35.3 Å². The van der Waals surface area contributed by atoms with Crippen molar-refractivity contribution in [1.82, 2.24) is 10.2 Å². The van der Waals surface area contributed by atoms with E-state index in [0.717, 1.165) is 63.4 Å². The second kappa shape index (κ2) is 11.5. The summed E-state index contributed by atoms with van der Waals surface area (Å²) < 4.78 is 5.67. The van der Waals surface area contributed by atoms with Gasteiger partial charge < -0.3 is 15.0 Å². The number of hydrogen-bond donors (Lipinski definition) is 1. The predicted octanol–water partition coefficient (Wildman–Crippen LogP) is 4.15. The Labute approximate surface area is 185 Å². The van der Waals surface area contributed by atoms with Gasteiger partial charge in [0.25, 0.3) is 0 Å². The summed E-state index contributed by atoms with van der Waals surface area (Å²) in [4.78, 5) is 7.61. The van der Waals surface area contributed by atoms with Gasteiger partial charge in [0.2, 0.25) is 0 Å². The fourth-order valence-electron chi connectivity index (χ4n) is 3.90. The van der Waals surface area contributed by atoms with Crippen molar-refractivity contribution < 1.29 is 4.74 Å². The SMILES string of the molecule is CCNC(=NCC1(c2ccccc2)CCOCC1)N1CCSC(CC)C1.I. The molecule has 2 fully saturated rings. The van der Waals surface area contributed by atoms with Gasteiger partial charge in [0, 0.05) is 49.3 Å². The molecular formula is C21H34IN3OS. The number of guanidine groups is 1. The number of thioether (sulfide) groups is 1. The predicted molar refractivity (Wildman–Crippen MR) is 128 cm³/mol. The maximum absolute atomic E-state index is 5.67. The minimum atomic E-state index is 0. The minimum absolute atomic E-state index is 0. The average Bonchev–Trinajstić information content (AvgIpc) is 2.72. The highest BCUT2D eigenvalue weighted by molar-refractivity contribution is 14.0. The number of ether oxygens (including phenoxy) is 1. The summed E-state index contributed by atoms with van der Waals surface area (Å²) in [6.45, 7) is 10.1. The van der Waals surface area contributed by atoms with Crippen molar-refractivity contribution in [3.8, 4) is 0 Å². The van der Waals surface area contributed by atoms with Crippen LogP contribution in [0.25, 0.3) is 0 Å². The number of nitrogens with zero attached hydrogens (tertiary/aromatic N) is 2. The van der Waals surface area contributed by atoms with Crippen molar-refractivity contribution in [3.05, 3.63) is 35.9 Å². The average molecular weight is 503 g/mol. The number of nitrogens with one attached hydrogen (secondary N) is 1. The van der Waals surface area contributed by atoms with Crippen molar-refractivity contribution in [3.63, 3.8) is 0 Å². The van der Waals surface area contributed by atoms with Crippen LogP contribution in [0.5, 0.6) is 0 Å². The summed E-state index contributed by atoms with van der Waals surface area (Å²) >= 11 is 2.10. The van der Waals surface area contributed by atoms with Gasteiger partial charge in [-0.15, -0.1) is 24.0 Å². The van der Waals surface area contributed by atoms with Crippen LogP contribution < -0.4 is 5.32 Å². The standard InChI is InChI=1S/C21H33N3OS.HI/c1-3-19-16-24(12-15-26-19)20(22-4-2)23-17-21(10-13-25-14-11-21)18-8-6-5-7-9-18;/h5-9,19H,3-4,10-17H2,1-2H3,(H,22,23);1H. The molecule has 0 amide bonds. The highest BCUT2D eigenvalue weighted by Gasteiger charge is 2.34. The van der Waals surface area contributed by atoms with E-state index in [2.05, 4.69) is 66.2 Å². The minimum Gasteiger partial charge on any atom is -0.381 e. The van der Waals surface area contributed by atoms with Crippen LogP contribution in [0.3, 0.4) is 0 Å². The van der Waals surface area contributed by atoms with Gasteiger partial charge in [-0.1, -0.05) is 37.3 Å². The summed E-state index contributed by atoms with van der Waals surface area (Å²) in [5.74, 6) is 2.29. The van der Waals surface area contributed by atoms with E-state index in [1.165, 1.54) is 17.7 Å². The summed E-state index contributed by atoms with van der Waals surface area (Å²) in [6.07, 6.45) is 3.33. The molecule has 1 unspecified atom stereocenters. The Bertz CT molecular complexity index is 578. The molecule has 1 aromatic carbocycles. The zero-order valence-electron chi connectivity index (χ0n) is 16.7. The molecule has 2 heterocycles. The maximum Gasteiger partial charge on any atom is 0.194 e. The van der Waals surface area contributed by atoms with Crippen LogP contribution in [-0.2, 0) is 10.2 Å². The third-order valence-electron chi connectivity index (χ3n) is 5.60. The van der Waals surface area contributed by atoms with Crippen LogP contribution in [0.1, 0.15) is 38.7 Å². The van der Waals surface area contributed by atoms with Gasteiger partial charge >= 0.3 is 0 Å². The van der Waals surface area contributed by atoms with Gasteiger partial charge in [-0.3, -0.25) is 4.99 Å². The first-order valence-electron chi connectivity index (χ1n) is 10.1. The monoisotopic (exact) mass is 503 g/mol. The molecule has 2 aliphatic rings. The first-order valence-corrected chi connectivity index (χ1v) is 11.1. The van der Waals surface area contributed by atoms with E-state index in [9.17, 15) is 0 Å². The van der Waals surface area contributed by atoms with Crippen molar-refractivity contribution in [2.75, 3.05) is 45.1 Å². The van der Waals surface area contributed by atoms with Gasteiger partial charge in [0.1, 0.15) is 0 Å². The van der Waals surface area contributed by atoms with Gasteiger partial charge in [-0.2, -0.15) is 11.8 Å². The summed E-state index contributed by atoms with van der Waals surface area (Å²) in [5.41, 5.74) is 1.51. The molecule has 2 saturated heterocycles. The Morgan fingerprint density at radius 3 is 2.67 bits per heavy atom. The van der Waals surface area contributed by atoms with Crippen molar-refractivity contribution in [2.24, 2.45) is 4.99 Å². The van der Waals surface area contributed by atoms with E-state index in [4.69, 9.17) is 9.73 Å². The first-order chi connectivity index (χ1) is 12.8. The van der Waals surface area contributed by atoms with Gasteiger partial charge in [0.05, 0.1) is 6.54 Å². The van der Waals surface area contributed by atoms with E-state index in [1.54, 1.807) is 0 Å². The van der Waals surface area contributed by atoms with Crippen molar-refractivity contribution in [1.29, 1.82) is 0 Å². The fraction of sp³-hybridized carbons (Fsp3) is 0.667. The van der Waals surface area contributed by atoms with E-state index in [0.29, 0.717) is 0 Å². The maximum atomic E-state index is 5.67. The Morgan fingerprint density at radius 2 is 2.00 bits per heavy atom. The highest BCUT2D eigenvalue weighted by atomic mass is 127. The van der Waals surface area contributed by atoms with Gasteiger partial charge in [-0.05, 0) is 31.7 Å². The smallest absolute Gasteiger partial charge is 0.194 e. The van der Waals surface area contributed by atoms with E-state index in [1.807, 2.05) is 0 Å². The Hall–Kier alpha value is -0.470. The largest absolute Gasteiger partial charge is 0.381 e. The van der Waals surface area contributed by atoms with Crippen molar-refractivity contribution in [2.45, 2.75) is 43.8 Å². The molecule has 1 aromatic rings. The zero-order chi connectivity index (χ0) is 18.2. The molecule has 0 radical (unpaired) electrons. The number of hydrogen-bond acceptors (Lipinski definition) is 3. The second-order valence-corrected chi connectivity index (χ2v) is 8.68. The lowest BCUT2D eigenvalue weighted by molar-refractivity contribution is 0.0530. The fourth-order valence-corrected chi connectivity index (χ4v) is 5.08. The molecule has 0 saturated carbocycles. The topological polar surface area (TPSA) is 36.9 Å². The van der Waals surface area contributed by atoms with Crippen LogP contribution >= 0.6 is 35.7 Å². The number of rotatable bonds is 5. The van der Waals surface area contributed by atoms with Crippen LogP contribution in [-0.4, -0.2) is 61.3 Å². The number of aliphatic imine (C=N–C) groups is 1. The molecule has 4 nitrogen and oxygen atoms in total. The van der Waals surface area contributed by atoms with Gasteiger partial charge in [-0.25, -0.2) is 0 Å². The molecule has 6 heteroatoms. The molecule has 2 aliphatic heterocycles. The van der Waals surface area contributed by atoms with Gasteiger partial charge in [0.15, 0.2) is 5.96 Å². The van der Waals surface area contributed by atoms with Crippen LogP contribution in [0.4, 0.5) is 0 Å². The third-order valence-corrected chi connectivity index (χ3v) is 6.97. The van der Waals surface area contributed by atoms with E-state index in [-0.39, 0.29) is 29.4 Å². The second-order valence-electron chi connectivity index (χ2n) is 7.28. The molecule has 1 N–H and O–H groups in total. The van der Waals surface area contributed by atoms with Crippen LogP contribution in [0.2, 0.25) is 0 Å². The Balaban J connectivity index is 0.00000261. The molecule has 152 valence electrons. The molecule has 0 aliphatic carbocycles. The van der Waals surface area contributed by atoms with Crippen molar-refractivity contribution >= 4 is 41.7 Å². The molecule has 0 bridgehead atoms. The Kier molecular flexibility index (Phi) is 9.73. The molecule has 1 atom stereocenters. The lowest BCUT2D eigenvalue weighted by Crippen LogP contribution is -2.48. The molecule has 3 rings (SSSR count). The third kappa shape index (κ3) is 6.00. The summed E-state index contributed by atoms with van der Waals surface area (Å²) in [7, 11) is 0. The molecule has 0 aromatic heterocycles. The van der Waals surface area contributed by atoms with E-state index >= 15 is 0 Å². The summed E-state index contributed by atoms with van der Waals surface area (Å²) in [6, 6.07) is 10.9. The first kappa shape index (κ1) is 22.8. The number of benzene rings is 1. The number of halogens is 1. The molecule has 27 heavy (non-hydrogen) atoms. The molecular weight excluding hydrogens is 469 g/mol. The lowest BCUT2D eigenvalue weighted by Gasteiger charge is -2.38. The van der Waals surface area contributed by atoms with E-state index < -0.39 is 0 Å². The Morgan fingerprint density at radius 1 is 1.26 bits per heavy atom. The zero-order valence-corrected chi connectivity index (χ0v) is 19.8. The van der Waals surface area contributed by atoms with Crippen LogP contribution in [0, 0.1) is 0 Å². The summed E-state index contributed by atoms with van der Waals surface area (Å²) in [5, 5.41) is 4.26. The normalized spacial score (nSPS) is 22.8. The quantitative estimate of drug-likeness (QED) is 0.372. The molecule has 0 spiro atoms. The highest BCUT2D eigenvalue weighted by Crippen LogP contribution is 2.35. The lowest BCUT2D eigenvalue weighted by atomic mass is 9.74.